The Bertz CT molecular complexity index is 488. The summed E-state index contributed by atoms with van der Waals surface area (Å²) in [5.41, 5.74) is -0.0934. The number of hydrogen-bond donors (Lipinski definition) is 2. The van der Waals surface area contributed by atoms with Crippen molar-refractivity contribution < 1.29 is 4.39 Å². The van der Waals surface area contributed by atoms with E-state index >= 15 is 0 Å². The maximum Gasteiger partial charge on any atom is 0.274 e. The smallest absolute Gasteiger partial charge is 0.274 e. The molecule has 0 aliphatic carbocycles. The molecule has 0 unspecified atom stereocenters. The van der Waals surface area contributed by atoms with E-state index in [1.165, 1.54) is 6.07 Å². The highest BCUT2D eigenvalue weighted by atomic mass is 35.5. The first-order valence-electron chi connectivity index (χ1n) is 3.24. The fraction of sp³-hybridized carbons (Fsp3) is 0. The first-order chi connectivity index (χ1) is 5.68. The number of halogens is 2. The van der Waals surface area contributed by atoms with Crippen LogP contribution in [0.3, 0.4) is 0 Å². The first-order valence-corrected chi connectivity index (χ1v) is 3.61. The molecule has 0 atom stereocenters. The largest absolute Gasteiger partial charge is 0.297 e. The number of hydrogen-bond acceptors (Lipinski definition) is 1. The Labute approximate surface area is 71.1 Å². The van der Waals surface area contributed by atoms with Gasteiger partial charge < -0.3 is 0 Å². The molecule has 1 heterocycles. The molecule has 62 valence electrons. The van der Waals surface area contributed by atoms with Gasteiger partial charge in [0.25, 0.3) is 5.56 Å². The van der Waals surface area contributed by atoms with Gasteiger partial charge in [-0.2, -0.15) is 0 Å². The lowest BCUT2D eigenvalue weighted by molar-refractivity contribution is 0.639. The van der Waals surface area contributed by atoms with Crippen LogP contribution in [0.25, 0.3) is 10.9 Å². The molecule has 3 nitrogen and oxygen atoms in total. The van der Waals surface area contributed by atoms with Gasteiger partial charge in [-0.1, -0.05) is 11.6 Å². The van der Waals surface area contributed by atoms with Crippen molar-refractivity contribution in [3.05, 3.63) is 33.3 Å². The van der Waals surface area contributed by atoms with Crippen LogP contribution < -0.4 is 5.56 Å². The lowest BCUT2D eigenvalue weighted by Gasteiger charge is -1.91. The standard InChI is InChI=1S/C7H4ClFN2O/c8-3-1-4(9)6-5(2-3)10-11-7(6)12/h1-2H,(H2,10,11,12). The number of benzene rings is 1. The third-order valence-corrected chi connectivity index (χ3v) is 1.81. The summed E-state index contributed by atoms with van der Waals surface area (Å²) < 4.78 is 13.0. The van der Waals surface area contributed by atoms with Gasteiger partial charge in [0.2, 0.25) is 0 Å². The maximum absolute atomic E-state index is 13.0. The first kappa shape index (κ1) is 7.36. The fourth-order valence-electron chi connectivity index (χ4n) is 1.09. The van der Waals surface area contributed by atoms with E-state index in [0.29, 0.717) is 5.52 Å². The summed E-state index contributed by atoms with van der Waals surface area (Å²) in [4.78, 5) is 10.9. The van der Waals surface area contributed by atoms with Crippen molar-refractivity contribution in [2.45, 2.75) is 0 Å². The molecule has 1 aromatic heterocycles. The highest BCUT2D eigenvalue weighted by molar-refractivity contribution is 6.31. The van der Waals surface area contributed by atoms with E-state index in [4.69, 9.17) is 11.6 Å². The number of nitrogens with one attached hydrogen (secondary N) is 2. The SMILES string of the molecule is O=c1[nH][nH]c2cc(Cl)cc(F)c12. The van der Waals surface area contributed by atoms with E-state index in [9.17, 15) is 9.18 Å². The van der Waals surface area contributed by atoms with Gasteiger partial charge >= 0.3 is 0 Å². The molecule has 0 radical (unpaired) electrons. The monoisotopic (exact) mass is 186 g/mol. The zero-order valence-corrected chi connectivity index (χ0v) is 6.57. The zero-order chi connectivity index (χ0) is 8.72. The average molecular weight is 187 g/mol. The summed E-state index contributed by atoms with van der Waals surface area (Å²) in [6.45, 7) is 0. The minimum absolute atomic E-state index is 0.0133. The second-order valence-electron chi connectivity index (χ2n) is 2.39. The van der Waals surface area contributed by atoms with Gasteiger partial charge in [-0.05, 0) is 12.1 Å². The Morgan fingerprint density at radius 1 is 1.33 bits per heavy atom. The molecule has 0 saturated heterocycles. The average Bonchev–Trinajstić information content (AvgIpc) is 2.31. The van der Waals surface area contributed by atoms with Crippen molar-refractivity contribution in [2.75, 3.05) is 0 Å². The second-order valence-corrected chi connectivity index (χ2v) is 2.83. The molecule has 5 heteroatoms. The molecule has 0 saturated carbocycles. The molecule has 0 aliphatic heterocycles. The van der Waals surface area contributed by atoms with Crippen LogP contribution in [0, 0.1) is 5.82 Å². The maximum atomic E-state index is 13.0. The second kappa shape index (κ2) is 2.35. The minimum Gasteiger partial charge on any atom is -0.297 e. The van der Waals surface area contributed by atoms with Crippen LogP contribution in [0.15, 0.2) is 16.9 Å². The van der Waals surface area contributed by atoms with Crippen molar-refractivity contribution in [3.63, 3.8) is 0 Å². The molecule has 0 amide bonds. The summed E-state index contributed by atoms with van der Waals surface area (Å²) in [5.74, 6) is -0.611. The van der Waals surface area contributed by atoms with E-state index in [1.54, 1.807) is 0 Å². The molecule has 2 aromatic rings. The van der Waals surface area contributed by atoms with Crippen LogP contribution in [-0.4, -0.2) is 10.2 Å². The number of aromatic amines is 2. The minimum atomic E-state index is -0.611. The lowest BCUT2D eigenvalue weighted by atomic mass is 10.2. The van der Waals surface area contributed by atoms with Crippen molar-refractivity contribution in [3.8, 4) is 0 Å². The predicted molar refractivity (Wildman–Crippen MR) is 43.9 cm³/mol. The molecular weight excluding hydrogens is 183 g/mol. The summed E-state index contributed by atoms with van der Waals surface area (Å²) in [7, 11) is 0. The molecule has 2 rings (SSSR count). The van der Waals surface area contributed by atoms with Crippen LogP contribution in [0.5, 0.6) is 0 Å². The zero-order valence-electron chi connectivity index (χ0n) is 5.82. The van der Waals surface area contributed by atoms with Gasteiger partial charge in [-0.3, -0.25) is 15.0 Å². The Kier molecular flexibility index (Phi) is 1.44. The van der Waals surface area contributed by atoms with E-state index < -0.39 is 11.4 Å². The highest BCUT2D eigenvalue weighted by Crippen LogP contribution is 2.17. The Balaban J connectivity index is 3.03. The molecule has 0 aliphatic rings. The van der Waals surface area contributed by atoms with Crippen molar-refractivity contribution in [1.82, 2.24) is 10.2 Å². The topological polar surface area (TPSA) is 48.6 Å². The summed E-state index contributed by atoms with van der Waals surface area (Å²) in [6, 6.07) is 2.59. The van der Waals surface area contributed by atoms with E-state index in [-0.39, 0.29) is 10.4 Å². The van der Waals surface area contributed by atoms with Crippen LogP contribution in [-0.2, 0) is 0 Å². The molecule has 0 spiro atoms. The fourth-order valence-corrected chi connectivity index (χ4v) is 1.29. The van der Waals surface area contributed by atoms with Gasteiger partial charge in [-0.15, -0.1) is 0 Å². The number of H-pyrrole nitrogens is 2. The van der Waals surface area contributed by atoms with E-state index in [0.717, 1.165) is 6.07 Å². The van der Waals surface area contributed by atoms with Gasteiger partial charge in [0.15, 0.2) is 0 Å². The third kappa shape index (κ3) is 0.921. The van der Waals surface area contributed by atoms with E-state index in [2.05, 4.69) is 10.2 Å². The highest BCUT2D eigenvalue weighted by Gasteiger charge is 2.07. The normalized spacial score (nSPS) is 10.8. The molecule has 2 N–H and O–H groups in total. The number of fused-ring (bicyclic) bond motifs is 1. The Morgan fingerprint density at radius 3 is 2.83 bits per heavy atom. The molecule has 0 bridgehead atoms. The Morgan fingerprint density at radius 2 is 2.08 bits per heavy atom. The van der Waals surface area contributed by atoms with Gasteiger partial charge in [-0.25, -0.2) is 4.39 Å². The number of rotatable bonds is 0. The molecule has 1 aromatic carbocycles. The molecular formula is C7H4ClFN2O. The van der Waals surface area contributed by atoms with Gasteiger partial charge in [0.1, 0.15) is 11.2 Å². The third-order valence-electron chi connectivity index (χ3n) is 1.59. The van der Waals surface area contributed by atoms with Crippen LogP contribution in [0.1, 0.15) is 0 Å². The Hall–Kier alpha value is -1.29. The molecule has 0 fully saturated rings. The predicted octanol–water partition coefficient (Wildman–Crippen LogP) is 1.65. The van der Waals surface area contributed by atoms with Gasteiger partial charge in [0, 0.05) is 5.02 Å². The van der Waals surface area contributed by atoms with Crippen molar-refractivity contribution in [2.24, 2.45) is 0 Å². The summed E-state index contributed by atoms with van der Waals surface area (Å²) in [5, 5.41) is 5.05. The van der Waals surface area contributed by atoms with Crippen LogP contribution in [0.4, 0.5) is 4.39 Å². The van der Waals surface area contributed by atoms with E-state index in [1.807, 2.05) is 0 Å². The molecule has 12 heavy (non-hydrogen) atoms. The summed E-state index contributed by atoms with van der Waals surface area (Å²) >= 11 is 5.56. The van der Waals surface area contributed by atoms with Gasteiger partial charge in [0.05, 0.1) is 5.52 Å². The number of aromatic nitrogens is 2. The van der Waals surface area contributed by atoms with Crippen molar-refractivity contribution >= 4 is 22.5 Å². The van der Waals surface area contributed by atoms with Crippen molar-refractivity contribution in [1.29, 1.82) is 0 Å². The quantitative estimate of drug-likeness (QED) is 0.646. The lowest BCUT2D eigenvalue weighted by Crippen LogP contribution is -1.99. The van der Waals surface area contributed by atoms with Crippen LogP contribution >= 0.6 is 11.6 Å². The summed E-state index contributed by atoms with van der Waals surface area (Å²) in [6.07, 6.45) is 0. The van der Waals surface area contributed by atoms with Crippen LogP contribution in [0.2, 0.25) is 5.02 Å².